The fourth-order valence-corrected chi connectivity index (χ4v) is 3.49. The van der Waals surface area contributed by atoms with E-state index >= 15 is 0 Å². The summed E-state index contributed by atoms with van der Waals surface area (Å²) in [5.74, 6) is 0. The van der Waals surface area contributed by atoms with E-state index in [2.05, 4.69) is 15.5 Å². The summed E-state index contributed by atoms with van der Waals surface area (Å²) in [6, 6.07) is 9.50. The van der Waals surface area contributed by atoms with Gasteiger partial charge in [-0.1, -0.05) is 35.3 Å². The molecular weight excluding hydrogens is 357 g/mol. The smallest absolute Gasteiger partial charge is 0.203 e. The molecule has 0 amide bonds. The largest absolute Gasteiger partial charge is 0.252 e. The monoisotopic (exact) mass is 367 g/mol. The number of nitrogens with zero attached hydrogens (tertiary/aromatic N) is 2. The molecule has 0 saturated heterocycles. The van der Waals surface area contributed by atoms with Crippen LogP contribution in [-0.2, 0) is 0 Å². The fourth-order valence-electron chi connectivity index (χ4n) is 1.78. The van der Waals surface area contributed by atoms with Crippen molar-refractivity contribution in [2.24, 2.45) is 5.10 Å². The van der Waals surface area contributed by atoms with Crippen molar-refractivity contribution in [3.63, 3.8) is 0 Å². The average molecular weight is 368 g/mol. The molecule has 0 aliphatic heterocycles. The first kappa shape index (κ1) is 15.5. The van der Waals surface area contributed by atoms with Crippen molar-refractivity contribution in [1.29, 1.82) is 0 Å². The summed E-state index contributed by atoms with van der Waals surface area (Å²) < 4.78 is 0. The first-order chi connectivity index (χ1) is 10.6. The lowest BCUT2D eigenvalue weighted by atomic mass is 10.1. The van der Waals surface area contributed by atoms with Gasteiger partial charge in [0.05, 0.1) is 26.3 Å². The maximum absolute atomic E-state index is 6.02. The number of rotatable bonds is 4. The van der Waals surface area contributed by atoms with Gasteiger partial charge in [-0.2, -0.15) is 5.10 Å². The molecular formula is C15H11Cl2N3S2. The number of nitrogens with one attached hydrogen (secondary N) is 1. The third-order valence-corrected chi connectivity index (χ3v) is 5.31. The van der Waals surface area contributed by atoms with Crippen LogP contribution in [0.1, 0.15) is 12.5 Å². The summed E-state index contributed by atoms with van der Waals surface area (Å²) >= 11 is 15.1. The first-order valence-electron chi connectivity index (χ1n) is 6.38. The summed E-state index contributed by atoms with van der Waals surface area (Å²) in [4.78, 5) is 5.66. The molecule has 0 aliphatic carbocycles. The molecule has 2 aromatic heterocycles. The number of aromatic nitrogens is 1. The van der Waals surface area contributed by atoms with Gasteiger partial charge < -0.3 is 0 Å². The van der Waals surface area contributed by atoms with Crippen molar-refractivity contribution in [2.45, 2.75) is 6.92 Å². The summed E-state index contributed by atoms with van der Waals surface area (Å²) in [5.41, 5.74) is 5.67. The van der Waals surface area contributed by atoms with E-state index in [9.17, 15) is 0 Å². The number of hydrogen-bond donors (Lipinski definition) is 1. The van der Waals surface area contributed by atoms with E-state index in [1.165, 1.54) is 11.3 Å². The quantitative estimate of drug-likeness (QED) is 0.452. The minimum Gasteiger partial charge on any atom is -0.252 e. The van der Waals surface area contributed by atoms with E-state index in [1.807, 2.05) is 35.9 Å². The van der Waals surface area contributed by atoms with Crippen LogP contribution in [0.2, 0.25) is 10.0 Å². The maximum atomic E-state index is 6.02. The van der Waals surface area contributed by atoms with Gasteiger partial charge in [0.15, 0.2) is 0 Å². The molecule has 0 unspecified atom stereocenters. The van der Waals surface area contributed by atoms with Crippen molar-refractivity contribution in [1.82, 2.24) is 4.98 Å². The van der Waals surface area contributed by atoms with Gasteiger partial charge in [-0.25, -0.2) is 4.98 Å². The molecule has 22 heavy (non-hydrogen) atoms. The number of thiazole rings is 1. The zero-order chi connectivity index (χ0) is 15.5. The third kappa shape index (κ3) is 3.50. The number of hydrogen-bond acceptors (Lipinski definition) is 5. The van der Waals surface area contributed by atoms with Gasteiger partial charge in [0.1, 0.15) is 0 Å². The van der Waals surface area contributed by atoms with Crippen LogP contribution in [0, 0.1) is 0 Å². The van der Waals surface area contributed by atoms with Crippen LogP contribution in [0.3, 0.4) is 0 Å². The van der Waals surface area contributed by atoms with E-state index in [4.69, 9.17) is 23.2 Å². The topological polar surface area (TPSA) is 37.3 Å². The van der Waals surface area contributed by atoms with Gasteiger partial charge in [-0.3, -0.25) is 5.43 Å². The molecule has 2 heterocycles. The third-order valence-electron chi connectivity index (χ3n) is 2.93. The van der Waals surface area contributed by atoms with E-state index in [0.717, 1.165) is 27.0 Å². The van der Waals surface area contributed by atoms with Crippen LogP contribution in [0.5, 0.6) is 0 Å². The fraction of sp³-hybridized carbons (Fsp3) is 0.0667. The van der Waals surface area contributed by atoms with Crippen LogP contribution in [0.4, 0.5) is 5.13 Å². The minimum absolute atomic E-state index is 0.517. The predicted molar refractivity (Wildman–Crippen MR) is 97.7 cm³/mol. The van der Waals surface area contributed by atoms with E-state index in [-0.39, 0.29) is 0 Å². The number of thiophene rings is 1. The molecule has 7 heteroatoms. The number of benzene rings is 1. The second-order valence-electron chi connectivity index (χ2n) is 4.45. The van der Waals surface area contributed by atoms with Gasteiger partial charge >= 0.3 is 0 Å². The Morgan fingerprint density at radius 1 is 1.18 bits per heavy atom. The lowest BCUT2D eigenvalue weighted by Gasteiger charge is -2.03. The number of anilines is 1. The second-order valence-corrected chi connectivity index (χ2v) is 7.07. The molecule has 0 radical (unpaired) electrons. The Hall–Kier alpha value is -1.40. The van der Waals surface area contributed by atoms with Crippen LogP contribution in [0.15, 0.2) is 46.2 Å². The van der Waals surface area contributed by atoms with Gasteiger partial charge in [0.2, 0.25) is 5.13 Å². The van der Waals surface area contributed by atoms with Gasteiger partial charge in [-0.15, -0.1) is 22.7 Å². The Bertz CT molecular complexity index is 810. The molecule has 1 N–H and O–H groups in total. The van der Waals surface area contributed by atoms with E-state index < -0.39 is 0 Å². The molecule has 0 bridgehead atoms. The summed E-state index contributed by atoms with van der Waals surface area (Å²) in [7, 11) is 0. The Morgan fingerprint density at radius 3 is 2.77 bits per heavy atom. The maximum Gasteiger partial charge on any atom is 0.203 e. The SMILES string of the molecule is C/C(=N/Nc1nc(-c2cccs2)cs1)c1ccc(Cl)c(Cl)c1. The van der Waals surface area contributed by atoms with Crippen molar-refractivity contribution in [3.05, 3.63) is 56.7 Å². The zero-order valence-electron chi connectivity index (χ0n) is 11.5. The van der Waals surface area contributed by atoms with Crippen LogP contribution >= 0.6 is 45.9 Å². The van der Waals surface area contributed by atoms with Gasteiger partial charge in [-0.05, 0) is 36.1 Å². The van der Waals surface area contributed by atoms with Crippen LogP contribution in [0.25, 0.3) is 10.6 Å². The minimum atomic E-state index is 0.517. The molecule has 1 aromatic carbocycles. The molecule has 3 aromatic rings. The summed E-state index contributed by atoms with van der Waals surface area (Å²) in [6.07, 6.45) is 0. The molecule has 0 aliphatic rings. The highest BCUT2D eigenvalue weighted by Gasteiger charge is 2.06. The molecule has 3 nitrogen and oxygen atoms in total. The van der Waals surface area contributed by atoms with Crippen molar-refractivity contribution < 1.29 is 0 Å². The summed E-state index contributed by atoms with van der Waals surface area (Å²) in [6.45, 7) is 1.90. The molecule has 0 spiro atoms. The first-order valence-corrected chi connectivity index (χ1v) is 8.90. The van der Waals surface area contributed by atoms with Gasteiger partial charge in [0.25, 0.3) is 0 Å². The zero-order valence-corrected chi connectivity index (χ0v) is 14.7. The lowest BCUT2D eigenvalue weighted by molar-refractivity contribution is 1.27. The summed E-state index contributed by atoms with van der Waals surface area (Å²) in [5, 5.41) is 10.2. The van der Waals surface area contributed by atoms with Crippen molar-refractivity contribution in [2.75, 3.05) is 5.43 Å². The van der Waals surface area contributed by atoms with Gasteiger partial charge in [0, 0.05) is 5.38 Å². The Kier molecular flexibility index (Phi) is 4.78. The Morgan fingerprint density at radius 2 is 2.05 bits per heavy atom. The number of halogens is 2. The van der Waals surface area contributed by atoms with Crippen LogP contribution in [-0.4, -0.2) is 10.7 Å². The Balaban J connectivity index is 1.74. The highest BCUT2D eigenvalue weighted by molar-refractivity contribution is 7.15. The molecule has 3 rings (SSSR count). The predicted octanol–water partition coefficient (Wildman–Crippen LogP) is 6.01. The van der Waals surface area contributed by atoms with E-state index in [0.29, 0.717) is 10.0 Å². The highest BCUT2D eigenvalue weighted by atomic mass is 35.5. The highest BCUT2D eigenvalue weighted by Crippen LogP contribution is 2.28. The second kappa shape index (κ2) is 6.79. The van der Waals surface area contributed by atoms with Crippen molar-refractivity contribution >= 4 is 56.7 Å². The molecule has 0 atom stereocenters. The van der Waals surface area contributed by atoms with Crippen molar-refractivity contribution in [3.8, 4) is 10.6 Å². The normalized spacial score (nSPS) is 11.7. The van der Waals surface area contributed by atoms with E-state index in [1.54, 1.807) is 23.5 Å². The standard InChI is InChI=1S/C15H11Cl2N3S2/c1-9(10-4-5-11(16)12(17)7-10)19-20-15-18-13(8-22-15)14-3-2-6-21-14/h2-8H,1H3,(H,18,20)/b19-9-. The lowest BCUT2D eigenvalue weighted by Crippen LogP contribution is -1.99. The number of hydrazone groups is 1. The van der Waals surface area contributed by atoms with Crippen LogP contribution < -0.4 is 5.43 Å². The average Bonchev–Trinajstić information content (AvgIpc) is 3.18. The molecule has 0 fully saturated rings. The molecule has 112 valence electrons. The Labute approximate surface area is 146 Å². The molecule has 0 saturated carbocycles.